The van der Waals surface area contributed by atoms with E-state index in [0.29, 0.717) is 11.3 Å². The van der Waals surface area contributed by atoms with Gasteiger partial charge in [-0.05, 0) is 46.5 Å². The van der Waals surface area contributed by atoms with E-state index in [1.54, 1.807) is 24.3 Å². The van der Waals surface area contributed by atoms with Crippen LogP contribution in [0.15, 0.2) is 72.8 Å². The van der Waals surface area contributed by atoms with E-state index in [1.165, 1.54) is 11.9 Å². The lowest BCUT2D eigenvalue weighted by Gasteiger charge is -2.24. The number of amides is 2. The first-order valence-electron chi connectivity index (χ1n) is 11.0. The van der Waals surface area contributed by atoms with E-state index in [1.807, 2.05) is 54.6 Å². The van der Waals surface area contributed by atoms with E-state index >= 15 is 0 Å². The Labute approximate surface area is 202 Å². The van der Waals surface area contributed by atoms with Gasteiger partial charge < -0.3 is 20.1 Å². The Morgan fingerprint density at radius 2 is 1.57 bits per heavy atom. The van der Waals surface area contributed by atoms with Crippen molar-refractivity contribution in [3.05, 3.63) is 89.5 Å². The fourth-order valence-electron chi connectivity index (χ4n) is 4.28. The molecule has 2 N–H and O–H groups in total. The Balaban J connectivity index is 1.45. The van der Waals surface area contributed by atoms with E-state index in [2.05, 4.69) is 5.32 Å². The number of rotatable bonds is 7. The van der Waals surface area contributed by atoms with Crippen LogP contribution in [0.1, 0.15) is 29.0 Å². The second kappa shape index (κ2) is 10.1. The molecule has 176 valence electrons. The summed E-state index contributed by atoms with van der Waals surface area (Å²) in [6.45, 7) is 0.0410. The number of nitriles is 1. The maximum atomic E-state index is 13.0. The Hall–Kier alpha value is -4.64. The second-order valence-corrected chi connectivity index (χ2v) is 8.18. The number of carbonyl (C=O) groups is 3. The van der Waals surface area contributed by atoms with Crippen molar-refractivity contribution in [2.24, 2.45) is 0 Å². The molecule has 8 heteroatoms. The van der Waals surface area contributed by atoms with Crippen LogP contribution in [0.3, 0.4) is 0 Å². The van der Waals surface area contributed by atoms with Crippen molar-refractivity contribution in [2.75, 3.05) is 18.6 Å². The number of nitrogens with zero attached hydrogens (tertiary/aromatic N) is 2. The number of hydrogen-bond acceptors (Lipinski definition) is 5. The van der Waals surface area contributed by atoms with E-state index in [9.17, 15) is 19.5 Å². The van der Waals surface area contributed by atoms with Gasteiger partial charge in [0.25, 0.3) is 0 Å². The van der Waals surface area contributed by atoms with Gasteiger partial charge in [-0.1, -0.05) is 48.5 Å². The van der Waals surface area contributed by atoms with Crippen LogP contribution in [0, 0.1) is 11.3 Å². The largest absolute Gasteiger partial charge is 0.481 e. The first kappa shape index (κ1) is 23.5. The molecule has 3 aromatic carbocycles. The first-order valence-corrected chi connectivity index (χ1v) is 11.0. The summed E-state index contributed by atoms with van der Waals surface area (Å²) in [5.74, 6) is -2.02. The monoisotopic (exact) mass is 469 g/mol. The minimum Gasteiger partial charge on any atom is -0.481 e. The summed E-state index contributed by atoms with van der Waals surface area (Å²) in [6.07, 6.45) is -1.48. The molecule has 8 nitrogen and oxygen atoms in total. The zero-order valence-electron chi connectivity index (χ0n) is 19.0. The summed E-state index contributed by atoms with van der Waals surface area (Å²) in [5, 5.41) is 20.6. The van der Waals surface area contributed by atoms with Gasteiger partial charge in [-0.2, -0.15) is 5.26 Å². The van der Waals surface area contributed by atoms with Crippen molar-refractivity contribution in [1.82, 2.24) is 5.32 Å². The summed E-state index contributed by atoms with van der Waals surface area (Å²) in [7, 11) is 1.47. The molecule has 1 aliphatic carbocycles. The Morgan fingerprint density at radius 3 is 2.11 bits per heavy atom. The third-order valence-corrected chi connectivity index (χ3v) is 6.03. The van der Waals surface area contributed by atoms with Crippen molar-refractivity contribution >= 4 is 23.7 Å². The SMILES string of the molecule is CN(C(=O)C(CC(=O)O)NC(=O)OCC1c2ccccc2-c2ccccc21)c1ccc(C#N)cc1. The number of anilines is 1. The highest BCUT2D eigenvalue weighted by Gasteiger charge is 2.31. The van der Waals surface area contributed by atoms with Gasteiger partial charge in [-0.15, -0.1) is 0 Å². The maximum absolute atomic E-state index is 13.0. The molecule has 0 aliphatic heterocycles. The molecule has 0 radical (unpaired) electrons. The lowest BCUT2D eigenvalue weighted by atomic mass is 9.98. The average molecular weight is 469 g/mol. The van der Waals surface area contributed by atoms with Crippen molar-refractivity contribution < 1.29 is 24.2 Å². The molecule has 4 rings (SSSR count). The third-order valence-electron chi connectivity index (χ3n) is 6.03. The summed E-state index contributed by atoms with van der Waals surface area (Å²) in [4.78, 5) is 38.2. The smallest absolute Gasteiger partial charge is 0.407 e. The van der Waals surface area contributed by atoms with Crippen LogP contribution < -0.4 is 10.2 Å². The molecule has 0 fully saturated rings. The van der Waals surface area contributed by atoms with Gasteiger partial charge in [0.1, 0.15) is 12.6 Å². The molecule has 0 saturated heterocycles. The van der Waals surface area contributed by atoms with Crippen molar-refractivity contribution in [3.8, 4) is 17.2 Å². The molecule has 1 atom stereocenters. The number of ether oxygens (including phenoxy) is 1. The minimum absolute atomic E-state index is 0.0410. The van der Waals surface area contributed by atoms with Crippen LogP contribution in [0.5, 0.6) is 0 Å². The standard InChI is InChI=1S/C27H23N3O5/c1-30(18-12-10-17(15-28)11-13-18)26(33)24(14-25(31)32)29-27(34)35-16-23-21-8-4-2-6-19(21)20-7-3-5-9-22(20)23/h2-13,23-24H,14,16H2,1H3,(H,29,34)(H,31,32). The topological polar surface area (TPSA) is 120 Å². The molecule has 0 spiro atoms. The molecule has 0 heterocycles. The van der Waals surface area contributed by atoms with Gasteiger partial charge >= 0.3 is 12.1 Å². The van der Waals surface area contributed by atoms with Crippen LogP contribution in [0.25, 0.3) is 11.1 Å². The molecule has 3 aromatic rings. The molecular formula is C27H23N3O5. The maximum Gasteiger partial charge on any atom is 0.407 e. The summed E-state index contributed by atoms with van der Waals surface area (Å²) in [5.41, 5.74) is 5.13. The van der Waals surface area contributed by atoms with Crippen LogP contribution >= 0.6 is 0 Å². The highest BCUT2D eigenvalue weighted by molar-refractivity contribution is 6.00. The van der Waals surface area contributed by atoms with Crippen LogP contribution in [-0.4, -0.2) is 42.8 Å². The normalized spacial score (nSPS) is 12.6. The number of aliphatic carboxylic acids is 1. The van der Waals surface area contributed by atoms with E-state index in [4.69, 9.17) is 10.00 Å². The molecule has 1 aliphatic rings. The van der Waals surface area contributed by atoms with Gasteiger partial charge in [0.05, 0.1) is 18.1 Å². The number of nitrogens with one attached hydrogen (secondary N) is 1. The van der Waals surface area contributed by atoms with Crippen LogP contribution in [0.2, 0.25) is 0 Å². The van der Waals surface area contributed by atoms with Crippen molar-refractivity contribution in [2.45, 2.75) is 18.4 Å². The second-order valence-electron chi connectivity index (χ2n) is 8.18. The molecule has 1 unspecified atom stereocenters. The fourth-order valence-corrected chi connectivity index (χ4v) is 4.28. The van der Waals surface area contributed by atoms with E-state index in [0.717, 1.165) is 22.3 Å². The minimum atomic E-state index is -1.33. The third kappa shape index (κ3) is 4.99. The average Bonchev–Trinajstić information content (AvgIpc) is 3.19. The van der Waals surface area contributed by atoms with Crippen LogP contribution in [-0.2, 0) is 14.3 Å². The van der Waals surface area contributed by atoms with Gasteiger partial charge in [-0.3, -0.25) is 9.59 Å². The predicted octanol–water partition coefficient (Wildman–Crippen LogP) is 3.90. The Kier molecular flexibility index (Phi) is 6.78. The number of carboxylic acid groups (broad SMARTS) is 1. The van der Waals surface area contributed by atoms with E-state index in [-0.39, 0.29) is 12.5 Å². The fraction of sp³-hybridized carbons (Fsp3) is 0.185. The summed E-state index contributed by atoms with van der Waals surface area (Å²) in [6, 6.07) is 22.7. The van der Waals surface area contributed by atoms with Gasteiger partial charge in [0.15, 0.2) is 0 Å². The molecular weight excluding hydrogens is 446 g/mol. The number of benzene rings is 3. The summed E-state index contributed by atoms with van der Waals surface area (Å²) >= 11 is 0. The van der Waals surface area contributed by atoms with Crippen molar-refractivity contribution in [3.63, 3.8) is 0 Å². The number of carbonyl (C=O) groups excluding carboxylic acids is 2. The lowest BCUT2D eigenvalue weighted by Crippen LogP contribution is -2.48. The van der Waals surface area contributed by atoms with Gasteiger partial charge in [0.2, 0.25) is 5.91 Å². The Bertz CT molecular complexity index is 1270. The molecule has 0 saturated carbocycles. The highest BCUT2D eigenvalue weighted by atomic mass is 16.5. The first-order chi connectivity index (χ1) is 16.9. The lowest BCUT2D eigenvalue weighted by molar-refractivity contribution is -0.139. The number of hydrogen-bond donors (Lipinski definition) is 2. The molecule has 35 heavy (non-hydrogen) atoms. The van der Waals surface area contributed by atoms with Crippen molar-refractivity contribution in [1.29, 1.82) is 5.26 Å². The molecule has 2 amide bonds. The van der Waals surface area contributed by atoms with E-state index < -0.39 is 30.4 Å². The predicted molar refractivity (Wildman–Crippen MR) is 129 cm³/mol. The number of likely N-dealkylation sites (N-methyl/N-ethyl adjacent to an activating group) is 1. The Morgan fingerprint density at radius 1 is 1.00 bits per heavy atom. The van der Waals surface area contributed by atoms with Gasteiger partial charge in [0, 0.05) is 18.7 Å². The molecule has 0 bridgehead atoms. The number of alkyl carbamates (subject to hydrolysis) is 1. The highest BCUT2D eigenvalue weighted by Crippen LogP contribution is 2.44. The zero-order valence-corrected chi connectivity index (χ0v) is 19.0. The summed E-state index contributed by atoms with van der Waals surface area (Å²) < 4.78 is 5.47. The zero-order chi connectivity index (χ0) is 24.9. The molecule has 0 aromatic heterocycles. The van der Waals surface area contributed by atoms with Crippen LogP contribution in [0.4, 0.5) is 10.5 Å². The quantitative estimate of drug-likeness (QED) is 0.542. The number of carboxylic acids is 1. The van der Waals surface area contributed by atoms with Gasteiger partial charge in [-0.25, -0.2) is 4.79 Å². The number of fused-ring (bicyclic) bond motifs is 3.